The normalized spacial score (nSPS) is 15.5. The summed E-state index contributed by atoms with van der Waals surface area (Å²) in [5.41, 5.74) is 0.292. The highest BCUT2D eigenvalue weighted by atomic mass is 32.2. The van der Waals surface area contributed by atoms with E-state index in [9.17, 15) is 18.3 Å². The Labute approximate surface area is 152 Å². The lowest BCUT2D eigenvalue weighted by molar-refractivity contribution is -0.113. The molecule has 1 amide bonds. The van der Waals surface area contributed by atoms with Crippen LogP contribution in [0.1, 0.15) is 5.76 Å². The molecule has 1 aromatic carbocycles. The van der Waals surface area contributed by atoms with Crippen LogP contribution in [-0.2, 0) is 14.8 Å². The number of nitrogens with zero attached hydrogens (tertiary/aromatic N) is 4. The number of H-pyrrole nitrogens is 1. The third-order valence-corrected chi connectivity index (χ3v) is 5.78. The number of tetrazole rings is 1. The van der Waals surface area contributed by atoms with Crippen molar-refractivity contribution in [2.75, 3.05) is 12.4 Å². The summed E-state index contributed by atoms with van der Waals surface area (Å²) in [5.74, 6) is -1.48. The zero-order valence-electron chi connectivity index (χ0n) is 13.7. The van der Waals surface area contributed by atoms with E-state index in [-0.39, 0.29) is 16.5 Å². The van der Waals surface area contributed by atoms with Crippen LogP contribution < -0.4 is 5.32 Å². The van der Waals surface area contributed by atoms with Gasteiger partial charge in [0.1, 0.15) is 4.90 Å². The number of hydrogen-bond acceptors (Lipinski definition) is 8. The van der Waals surface area contributed by atoms with E-state index in [1.807, 2.05) is 0 Å². The number of aliphatic hydroxyl groups excluding tert-OH is 1. The molecular formula is C15H12N6O5S. The molecule has 0 bridgehead atoms. The van der Waals surface area contributed by atoms with Gasteiger partial charge in [-0.2, -0.15) is 5.21 Å². The summed E-state index contributed by atoms with van der Waals surface area (Å²) in [6, 6.07) is 7.82. The molecule has 0 atom stereocenters. The summed E-state index contributed by atoms with van der Waals surface area (Å²) in [6.07, 6.45) is 1.12. The Morgan fingerprint density at radius 3 is 2.81 bits per heavy atom. The summed E-state index contributed by atoms with van der Waals surface area (Å²) in [6.45, 7) is 0. The maximum Gasteiger partial charge on any atom is 0.276 e. The van der Waals surface area contributed by atoms with Gasteiger partial charge >= 0.3 is 0 Å². The van der Waals surface area contributed by atoms with Crippen LogP contribution in [0.4, 0.5) is 5.69 Å². The molecule has 0 fully saturated rings. The van der Waals surface area contributed by atoms with Crippen LogP contribution >= 0.6 is 0 Å². The molecular weight excluding hydrogens is 376 g/mol. The second-order valence-electron chi connectivity index (χ2n) is 5.52. The van der Waals surface area contributed by atoms with E-state index in [1.54, 1.807) is 24.3 Å². The topological polar surface area (TPSA) is 154 Å². The van der Waals surface area contributed by atoms with Gasteiger partial charge in [0.15, 0.2) is 17.2 Å². The number of fused-ring (bicyclic) bond motifs is 1. The fourth-order valence-electron chi connectivity index (χ4n) is 2.69. The first-order chi connectivity index (χ1) is 12.9. The van der Waals surface area contributed by atoms with Crippen molar-refractivity contribution in [2.24, 2.45) is 0 Å². The molecule has 138 valence electrons. The van der Waals surface area contributed by atoms with E-state index in [0.717, 1.165) is 6.26 Å². The number of likely N-dealkylation sites (N-methyl/N-ethyl adjacent to an activating group) is 1. The second-order valence-corrected chi connectivity index (χ2v) is 7.46. The molecule has 3 aromatic rings. The summed E-state index contributed by atoms with van der Waals surface area (Å²) >= 11 is 0. The fraction of sp³-hybridized carbons (Fsp3) is 0.0667. The van der Waals surface area contributed by atoms with Crippen molar-refractivity contribution in [2.45, 2.75) is 4.90 Å². The van der Waals surface area contributed by atoms with Crippen LogP contribution in [-0.4, -0.2) is 51.4 Å². The second kappa shape index (κ2) is 5.95. The van der Waals surface area contributed by atoms with Gasteiger partial charge in [0.05, 0.1) is 12.0 Å². The number of benzene rings is 1. The van der Waals surface area contributed by atoms with Gasteiger partial charge in [0.2, 0.25) is 5.82 Å². The molecule has 0 radical (unpaired) electrons. The largest absolute Gasteiger partial charge is 0.503 e. The van der Waals surface area contributed by atoms with Crippen molar-refractivity contribution in [1.82, 2.24) is 24.9 Å². The van der Waals surface area contributed by atoms with E-state index in [0.29, 0.717) is 15.6 Å². The number of aromatic nitrogens is 4. The van der Waals surface area contributed by atoms with Crippen LogP contribution in [0.2, 0.25) is 0 Å². The van der Waals surface area contributed by atoms with E-state index in [2.05, 4.69) is 25.9 Å². The van der Waals surface area contributed by atoms with Crippen molar-refractivity contribution in [3.8, 4) is 11.4 Å². The third-order valence-electron chi connectivity index (χ3n) is 4.00. The molecule has 4 rings (SSSR count). The summed E-state index contributed by atoms with van der Waals surface area (Å²) in [5, 5.41) is 26.5. The third kappa shape index (κ3) is 2.54. The average molecular weight is 388 g/mol. The Kier molecular flexibility index (Phi) is 3.70. The van der Waals surface area contributed by atoms with Gasteiger partial charge < -0.3 is 14.8 Å². The number of aliphatic hydroxyl groups is 1. The molecule has 27 heavy (non-hydrogen) atoms. The standard InChI is InChI=1S/C15H12N6O5S/c1-21-11(12(22)13-10(6-7-26-13)27(21,24)25)15(23)16-9-5-3-2-4-8(9)14-17-19-20-18-14/h2-7,22H,1H3,(H,16,23)(H,17,18,19,20). The summed E-state index contributed by atoms with van der Waals surface area (Å²) in [7, 11) is -2.86. The SMILES string of the molecule is CN1C(C(=O)Nc2ccccc2-c2nn[nH]n2)=C(O)c2occc2S1(=O)=O. The van der Waals surface area contributed by atoms with E-state index in [1.165, 1.54) is 13.1 Å². The zero-order chi connectivity index (χ0) is 19.2. The minimum absolute atomic E-state index is 0.216. The van der Waals surface area contributed by atoms with Gasteiger partial charge in [0, 0.05) is 12.6 Å². The first-order valence-electron chi connectivity index (χ1n) is 7.55. The number of hydrogen-bond donors (Lipinski definition) is 3. The Morgan fingerprint density at radius 2 is 2.07 bits per heavy atom. The number of carbonyl (C=O) groups excluding carboxylic acids is 1. The predicted molar refractivity (Wildman–Crippen MR) is 91.4 cm³/mol. The Morgan fingerprint density at radius 1 is 1.30 bits per heavy atom. The summed E-state index contributed by atoms with van der Waals surface area (Å²) < 4.78 is 30.8. The zero-order valence-corrected chi connectivity index (χ0v) is 14.6. The maximum atomic E-state index is 12.8. The molecule has 3 N–H and O–H groups in total. The van der Waals surface area contributed by atoms with Crippen LogP contribution in [0.25, 0.3) is 17.1 Å². The van der Waals surface area contributed by atoms with Crippen molar-refractivity contribution in [3.63, 3.8) is 0 Å². The first kappa shape index (κ1) is 16.8. The Bertz CT molecular complexity index is 1170. The van der Waals surface area contributed by atoms with Gasteiger partial charge in [-0.3, -0.25) is 9.10 Å². The molecule has 3 heterocycles. The van der Waals surface area contributed by atoms with Gasteiger partial charge in [-0.25, -0.2) is 8.42 Å². The van der Waals surface area contributed by atoms with Crippen molar-refractivity contribution in [3.05, 3.63) is 48.1 Å². The molecule has 0 saturated heterocycles. The minimum Gasteiger partial charge on any atom is -0.503 e. The predicted octanol–water partition coefficient (Wildman–Crippen LogP) is 0.959. The number of carbonyl (C=O) groups is 1. The molecule has 0 spiro atoms. The highest BCUT2D eigenvalue weighted by molar-refractivity contribution is 7.89. The van der Waals surface area contributed by atoms with E-state index < -0.39 is 27.4 Å². The number of sulfonamides is 1. The van der Waals surface area contributed by atoms with E-state index >= 15 is 0 Å². The lowest BCUT2D eigenvalue weighted by Gasteiger charge is -2.26. The lowest BCUT2D eigenvalue weighted by Crippen LogP contribution is -2.36. The highest BCUT2D eigenvalue weighted by Gasteiger charge is 2.40. The Balaban J connectivity index is 1.76. The van der Waals surface area contributed by atoms with Crippen LogP contribution in [0.3, 0.4) is 0 Å². The summed E-state index contributed by atoms with van der Waals surface area (Å²) in [4.78, 5) is 12.6. The van der Waals surface area contributed by atoms with E-state index in [4.69, 9.17) is 4.42 Å². The molecule has 11 nitrogen and oxygen atoms in total. The van der Waals surface area contributed by atoms with Crippen LogP contribution in [0.5, 0.6) is 0 Å². The molecule has 12 heteroatoms. The van der Waals surface area contributed by atoms with Crippen LogP contribution in [0.15, 0.2) is 51.6 Å². The molecule has 1 aliphatic heterocycles. The van der Waals surface area contributed by atoms with Crippen molar-refractivity contribution >= 4 is 27.4 Å². The minimum atomic E-state index is -4.03. The number of furan rings is 1. The maximum absolute atomic E-state index is 12.8. The Hall–Kier alpha value is -3.67. The molecule has 1 aliphatic rings. The smallest absolute Gasteiger partial charge is 0.276 e. The van der Waals surface area contributed by atoms with Crippen molar-refractivity contribution < 1.29 is 22.7 Å². The highest BCUT2D eigenvalue weighted by Crippen LogP contribution is 2.36. The molecule has 0 aliphatic carbocycles. The van der Waals surface area contributed by atoms with Crippen LogP contribution in [0, 0.1) is 0 Å². The van der Waals surface area contributed by atoms with Gasteiger partial charge in [-0.15, -0.1) is 10.2 Å². The number of para-hydroxylation sites is 1. The van der Waals surface area contributed by atoms with Gasteiger partial charge in [-0.05, 0) is 23.4 Å². The molecule has 0 saturated carbocycles. The molecule has 2 aromatic heterocycles. The first-order valence-corrected chi connectivity index (χ1v) is 8.99. The monoisotopic (exact) mass is 388 g/mol. The number of aromatic amines is 1. The fourth-order valence-corrected chi connectivity index (χ4v) is 4.00. The lowest BCUT2D eigenvalue weighted by atomic mass is 10.1. The molecule has 0 unspecified atom stereocenters. The van der Waals surface area contributed by atoms with Crippen molar-refractivity contribution in [1.29, 1.82) is 0 Å². The average Bonchev–Trinajstić information content (AvgIpc) is 3.33. The quantitative estimate of drug-likeness (QED) is 0.599. The number of amides is 1. The number of rotatable bonds is 3. The number of anilines is 1. The number of nitrogens with one attached hydrogen (secondary N) is 2. The van der Waals surface area contributed by atoms with Gasteiger partial charge in [-0.1, -0.05) is 12.1 Å². The van der Waals surface area contributed by atoms with Gasteiger partial charge in [0.25, 0.3) is 15.9 Å².